The summed E-state index contributed by atoms with van der Waals surface area (Å²) in [6, 6.07) is 7.16. The van der Waals surface area contributed by atoms with Crippen LogP contribution in [0.3, 0.4) is 0 Å². The van der Waals surface area contributed by atoms with Gasteiger partial charge >= 0.3 is 5.97 Å². The van der Waals surface area contributed by atoms with Crippen LogP contribution in [0.2, 0.25) is 0 Å². The summed E-state index contributed by atoms with van der Waals surface area (Å²) < 4.78 is 6.29. The molecule has 114 valence electrons. The van der Waals surface area contributed by atoms with Crippen LogP contribution in [0.5, 0.6) is 5.75 Å². The predicted molar refractivity (Wildman–Crippen MR) is 81.2 cm³/mol. The number of ether oxygens (including phenoxy) is 1. The van der Waals surface area contributed by atoms with Crippen molar-refractivity contribution < 1.29 is 19.4 Å². The van der Waals surface area contributed by atoms with Gasteiger partial charge in [0.15, 0.2) is 6.61 Å². The quantitative estimate of drug-likeness (QED) is 0.822. The first kappa shape index (κ1) is 15.8. The number of hydrogen-bond acceptors (Lipinski definition) is 3. The van der Waals surface area contributed by atoms with Crippen molar-refractivity contribution in [1.29, 1.82) is 0 Å². The fraction of sp³-hybridized carbons (Fsp3) is 0.467. The highest BCUT2D eigenvalue weighted by molar-refractivity contribution is 9.10. The molecule has 1 aliphatic carbocycles. The van der Waals surface area contributed by atoms with Gasteiger partial charge in [0.05, 0.1) is 5.41 Å². The fourth-order valence-electron chi connectivity index (χ4n) is 2.52. The van der Waals surface area contributed by atoms with Crippen LogP contribution in [0.1, 0.15) is 25.7 Å². The molecule has 6 heteroatoms. The molecule has 0 aliphatic heterocycles. The number of carbonyl (C=O) groups is 2. The third-order valence-corrected chi connectivity index (χ3v) is 4.35. The van der Waals surface area contributed by atoms with Crippen LogP contribution >= 0.6 is 15.9 Å². The van der Waals surface area contributed by atoms with E-state index in [4.69, 9.17) is 4.74 Å². The lowest BCUT2D eigenvalue weighted by Gasteiger charge is -2.23. The monoisotopic (exact) mass is 355 g/mol. The van der Waals surface area contributed by atoms with Gasteiger partial charge in [0.25, 0.3) is 5.91 Å². The van der Waals surface area contributed by atoms with E-state index in [0.29, 0.717) is 18.6 Å². The number of rotatable bonds is 6. The van der Waals surface area contributed by atoms with E-state index in [0.717, 1.165) is 17.3 Å². The van der Waals surface area contributed by atoms with E-state index in [2.05, 4.69) is 21.2 Å². The van der Waals surface area contributed by atoms with Gasteiger partial charge < -0.3 is 15.2 Å². The lowest BCUT2D eigenvalue weighted by molar-refractivity contribution is -0.148. The maximum Gasteiger partial charge on any atom is 0.311 e. The van der Waals surface area contributed by atoms with Crippen LogP contribution in [-0.2, 0) is 9.59 Å². The Morgan fingerprint density at radius 2 is 1.86 bits per heavy atom. The molecule has 0 atom stereocenters. The highest BCUT2D eigenvalue weighted by Gasteiger charge is 2.41. The number of carboxylic acid groups (broad SMARTS) is 1. The van der Waals surface area contributed by atoms with Gasteiger partial charge in [-0.3, -0.25) is 9.59 Å². The maximum absolute atomic E-state index is 11.8. The third kappa shape index (κ3) is 4.20. The molecular weight excluding hydrogens is 338 g/mol. The number of aliphatic carboxylic acids is 1. The highest BCUT2D eigenvalue weighted by Crippen LogP contribution is 2.37. The van der Waals surface area contributed by atoms with Gasteiger partial charge in [-0.25, -0.2) is 0 Å². The Balaban J connectivity index is 1.79. The number of halogens is 1. The van der Waals surface area contributed by atoms with Crippen molar-refractivity contribution in [3.63, 3.8) is 0 Å². The number of nitrogens with one attached hydrogen (secondary N) is 1. The Morgan fingerprint density at radius 1 is 1.24 bits per heavy atom. The molecule has 1 fully saturated rings. The molecule has 0 spiro atoms. The van der Waals surface area contributed by atoms with Crippen LogP contribution in [0.4, 0.5) is 0 Å². The molecule has 1 aliphatic rings. The highest BCUT2D eigenvalue weighted by atomic mass is 79.9. The molecule has 1 aromatic rings. The van der Waals surface area contributed by atoms with E-state index in [1.165, 1.54) is 0 Å². The van der Waals surface area contributed by atoms with Crippen molar-refractivity contribution in [2.45, 2.75) is 25.7 Å². The molecule has 0 aromatic heterocycles. The Bertz CT molecular complexity index is 509. The smallest absolute Gasteiger partial charge is 0.311 e. The van der Waals surface area contributed by atoms with Crippen LogP contribution in [0.15, 0.2) is 28.7 Å². The first-order chi connectivity index (χ1) is 10.0. The molecule has 21 heavy (non-hydrogen) atoms. The fourth-order valence-corrected chi connectivity index (χ4v) is 2.78. The summed E-state index contributed by atoms with van der Waals surface area (Å²) in [5.74, 6) is -0.526. The molecule has 1 amide bonds. The molecule has 1 aromatic carbocycles. The van der Waals surface area contributed by atoms with Crippen molar-refractivity contribution >= 4 is 27.8 Å². The van der Waals surface area contributed by atoms with Crippen LogP contribution in [0, 0.1) is 5.41 Å². The zero-order valence-corrected chi connectivity index (χ0v) is 13.2. The van der Waals surface area contributed by atoms with Gasteiger partial charge in [-0.15, -0.1) is 0 Å². The van der Waals surface area contributed by atoms with E-state index in [-0.39, 0.29) is 19.1 Å². The zero-order chi connectivity index (χ0) is 15.3. The molecule has 0 unspecified atom stereocenters. The van der Waals surface area contributed by atoms with E-state index in [9.17, 15) is 14.7 Å². The van der Waals surface area contributed by atoms with Crippen molar-refractivity contribution in [2.75, 3.05) is 13.2 Å². The van der Waals surface area contributed by atoms with Gasteiger partial charge in [-0.05, 0) is 37.1 Å². The Morgan fingerprint density at radius 3 is 2.43 bits per heavy atom. The summed E-state index contributed by atoms with van der Waals surface area (Å²) in [5, 5.41) is 12.0. The summed E-state index contributed by atoms with van der Waals surface area (Å²) in [6.07, 6.45) is 3.04. The Labute approximate surface area is 131 Å². The van der Waals surface area contributed by atoms with Crippen molar-refractivity contribution in [3.8, 4) is 5.75 Å². The summed E-state index contributed by atoms with van der Waals surface area (Å²) in [7, 11) is 0. The van der Waals surface area contributed by atoms with Gasteiger partial charge in [0, 0.05) is 11.0 Å². The lowest BCUT2D eigenvalue weighted by atomic mass is 9.86. The Hall–Kier alpha value is -1.56. The first-order valence-electron chi connectivity index (χ1n) is 6.90. The first-order valence-corrected chi connectivity index (χ1v) is 7.70. The molecule has 0 radical (unpaired) electrons. The maximum atomic E-state index is 11.8. The molecule has 2 rings (SSSR count). The SMILES string of the molecule is O=C(COc1ccc(Br)cc1)NCC1(C(=O)O)CCCC1. The molecule has 1 saturated carbocycles. The zero-order valence-electron chi connectivity index (χ0n) is 11.6. The molecule has 5 nitrogen and oxygen atoms in total. The average molecular weight is 356 g/mol. The standard InChI is InChI=1S/C15H18BrNO4/c16-11-3-5-12(6-4-11)21-9-13(18)17-10-15(14(19)20)7-1-2-8-15/h3-6H,1-2,7-10H2,(H,17,18)(H,19,20). The summed E-state index contributed by atoms with van der Waals surface area (Å²) in [5.41, 5.74) is -0.798. The lowest BCUT2D eigenvalue weighted by Crippen LogP contribution is -2.42. The molecule has 0 saturated heterocycles. The van der Waals surface area contributed by atoms with Gasteiger partial charge in [0.2, 0.25) is 0 Å². The van der Waals surface area contributed by atoms with Gasteiger partial charge in [0.1, 0.15) is 5.75 Å². The van der Waals surface area contributed by atoms with E-state index >= 15 is 0 Å². The number of carbonyl (C=O) groups excluding carboxylic acids is 1. The van der Waals surface area contributed by atoms with E-state index in [1.807, 2.05) is 12.1 Å². The largest absolute Gasteiger partial charge is 0.484 e. The number of benzene rings is 1. The second-order valence-electron chi connectivity index (χ2n) is 5.31. The number of carboxylic acids is 1. The Kier molecular flexibility index (Phi) is 5.22. The minimum atomic E-state index is -0.825. The van der Waals surface area contributed by atoms with Crippen LogP contribution in [0.25, 0.3) is 0 Å². The second-order valence-corrected chi connectivity index (χ2v) is 6.23. The molecular formula is C15H18BrNO4. The summed E-state index contributed by atoms with van der Waals surface area (Å²) >= 11 is 3.32. The second kappa shape index (κ2) is 6.93. The van der Waals surface area contributed by atoms with Gasteiger partial charge in [-0.2, -0.15) is 0 Å². The number of hydrogen-bond donors (Lipinski definition) is 2. The van der Waals surface area contributed by atoms with E-state index in [1.54, 1.807) is 12.1 Å². The molecule has 2 N–H and O–H groups in total. The topological polar surface area (TPSA) is 75.6 Å². The minimum Gasteiger partial charge on any atom is -0.484 e. The predicted octanol–water partition coefficient (Wildman–Crippen LogP) is 2.59. The third-order valence-electron chi connectivity index (χ3n) is 3.82. The van der Waals surface area contributed by atoms with Crippen molar-refractivity contribution in [3.05, 3.63) is 28.7 Å². The molecule has 0 heterocycles. The molecule has 0 bridgehead atoms. The van der Waals surface area contributed by atoms with Crippen molar-refractivity contribution in [2.24, 2.45) is 5.41 Å². The van der Waals surface area contributed by atoms with Gasteiger partial charge in [-0.1, -0.05) is 28.8 Å². The van der Waals surface area contributed by atoms with Crippen molar-refractivity contribution in [1.82, 2.24) is 5.32 Å². The summed E-state index contributed by atoms with van der Waals surface area (Å²) in [4.78, 5) is 23.1. The van der Waals surface area contributed by atoms with Crippen LogP contribution < -0.4 is 10.1 Å². The summed E-state index contributed by atoms with van der Waals surface area (Å²) in [6.45, 7) is 0.0577. The normalized spacial score (nSPS) is 16.4. The van der Waals surface area contributed by atoms with E-state index < -0.39 is 11.4 Å². The minimum absolute atomic E-state index is 0.114. The average Bonchev–Trinajstić information content (AvgIpc) is 2.95. The number of amides is 1. The van der Waals surface area contributed by atoms with Crippen LogP contribution in [-0.4, -0.2) is 30.1 Å².